The molecule has 0 aliphatic carbocycles. The van der Waals surface area contributed by atoms with Gasteiger partial charge in [-0.15, -0.1) is 12.3 Å². The highest BCUT2D eigenvalue weighted by molar-refractivity contribution is 6.30. The van der Waals surface area contributed by atoms with E-state index in [-0.39, 0.29) is 6.04 Å². The van der Waals surface area contributed by atoms with Crippen molar-refractivity contribution in [2.75, 3.05) is 0 Å². The topological polar surface area (TPSA) is 38.5 Å². The van der Waals surface area contributed by atoms with Gasteiger partial charge in [0.25, 0.3) is 0 Å². The molecule has 0 radical (unpaired) electrons. The van der Waals surface area contributed by atoms with Gasteiger partial charge in [-0.2, -0.15) is 0 Å². The molecule has 1 aliphatic heterocycles. The van der Waals surface area contributed by atoms with E-state index in [4.69, 9.17) is 28.7 Å². The summed E-state index contributed by atoms with van der Waals surface area (Å²) < 4.78 is 0. The minimum Gasteiger partial charge on any atom is -0.394 e. The maximum atomic E-state index is 5.84. The molecular formula is C7H9ClN2O. The molecule has 1 rings (SSSR count). The first-order chi connectivity index (χ1) is 5.16. The van der Waals surface area contributed by atoms with Crippen LogP contribution in [0.4, 0.5) is 0 Å². The fraction of sp³-hybridized carbons (Fsp3) is 0.429. The Kier molecular flexibility index (Phi) is 2.40. The molecule has 1 heterocycles. The number of hydrazine groups is 1. The lowest BCUT2D eigenvalue weighted by Gasteiger charge is -2.14. The van der Waals surface area contributed by atoms with E-state index >= 15 is 0 Å². The summed E-state index contributed by atoms with van der Waals surface area (Å²) in [6.45, 7) is 1.75. The van der Waals surface area contributed by atoms with Crippen LogP contribution in [0.5, 0.6) is 0 Å². The molecule has 0 saturated carbocycles. The average molecular weight is 173 g/mol. The van der Waals surface area contributed by atoms with Gasteiger partial charge in [0.05, 0.1) is 5.03 Å². The lowest BCUT2D eigenvalue weighted by molar-refractivity contribution is -0.118. The van der Waals surface area contributed by atoms with E-state index in [9.17, 15) is 0 Å². The van der Waals surface area contributed by atoms with Crippen molar-refractivity contribution in [2.45, 2.75) is 19.4 Å². The molecule has 3 nitrogen and oxygen atoms in total. The van der Waals surface area contributed by atoms with Gasteiger partial charge in [-0.05, 0) is 6.92 Å². The van der Waals surface area contributed by atoms with E-state index in [0.717, 1.165) is 0 Å². The first-order valence-corrected chi connectivity index (χ1v) is 3.56. The molecule has 0 aromatic rings. The molecule has 11 heavy (non-hydrogen) atoms. The van der Waals surface area contributed by atoms with Crippen molar-refractivity contribution in [3.63, 3.8) is 0 Å². The number of hydrogen-bond acceptors (Lipinski definition) is 3. The van der Waals surface area contributed by atoms with Gasteiger partial charge in [0.15, 0.2) is 0 Å². The first-order valence-electron chi connectivity index (χ1n) is 3.18. The SMILES string of the molecule is C#CCC1C(Cl)=C(C)ON1N. The van der Waals surface area contributed by atoms with E-state index in [1.165, 1.54) is 5.17 Å². The Balaban J connectivity index is 2.73. The van der Waals surface area contributed by atoms with Crippen LogP contribution in [0.1, 0.15) is 13.3 Å². The number of halogens is 1. The average Bonchev–Trinajstić information content (AvgIpc) is 2.17. The Morgan fingerprint density at radius 3 is 2.91 bits per heavy atom. The summed E-state index contributed by atoms with van der Waals surface area (Å²) in [5.74, 6) is 8.53. The number of hydrogen-bond donors (Lipinski definition) is 1. The fourth-order valence-corrected chi connectivity index (χ4v) is 1.11. The highest BCUT2D eigenvalue weighted by atomic mass is 35.5. The molecule has 0 saturated heterocycles. The van der Waals surface area contributed by atoms with Crippen LogP contribution >= 0.6 is 11.6 Å². The van der Waals surface area contributed by atoms with Crippen LogP contribution in [0, 0.1) is 12.3 Å². The van der Waals surface area contributed by atoms with E-state index in [1.54, 1.807) is 6.92 Å². The Morgan fingerprint density at radius 2 is 2.55 bits per heavy atom. The van der Waals surface area contributed by atoms with Crippen LogP contribution in [-0.4, -0.2) is 11.2 Å². The van der Waals surface area contributed by atoms with Crippen molar-refractivity contribution in [3.05, 3.63) is 10.8 Å². The van der Waals surface area contributed by atoms with Gasteiger partial charge in [0.2, 0.25) is 0 Å². The molecule has 0 bridgehead atoms. The van der Waals surface area contributed by atoms with Gasteiger partial charge in [-0.3, -0.25) is 0 Å². The minimum atomic E-state index is -0.179. The zero-order valence-electron chi connectivity index (χ0n) is 6.17. The summed E-state index contributed by atoms with van der Waals surface area (Å²) in [5.41, 5.74) is 0. The van der Waals surface area contributed by atoms with Crippen LogP contribution in [0.25, 0.3) is 0 Å². The smallest absolute Gasteiger partial charge is 0.139 e. The highest BCUT2D eigenvalue weighted by Crippen LogP contribution is 2.27. The van der Waals surface area contributed by atoms with Gasteiger partial charge in [0.1, 0.15) is 11.8 Å². The van der Waals surface area contributed by atoms with E-state index in [0.29, 0.717) is 17.2 Å². The van der Waals surface area contributed by atoms with Gasteiger partial charge >= 0.3 is 0 Å². The molecule has 2 N–H and O–H groups in total. The van der Waals surface area contributed by atoms with E-state index < -0.39 is 0 Å². The quantitative estimate of drug-likeness (QED) is 0.473. The van der Waals surface area contributed by atoms with Crippen molar-refractivity contribution in [1.82, 2.24) is 5.17 Å². The molecule has 0 fully saturated rings. The van der Waals surface area contributed by atoms with E-state index in [1.807, 2.05) is 0 Å². The summed E-state index contributed by atoms with van der Waals surface area (Å²) in [7, 11) is 0. The Morgan fingerprint density at radius 1 is 1.91 bits per heavy atom. The van der Waals surface area contributed by atoms with Crippen LogP contribution in [0.15, 0.2) is 10.8 Å². The Hall–Kier alpha value is -0.690. The summed E-state index contributed by atoms with van der Waals surface area (Å²) in [6, 6.07) is -0.179. The lowest BCUT2D eigenvalue weighted by Crippen LogP contribution is -2.35. The molecular weight excluding hydrogens is 164 g/mol. The van der Waals surface area contributed by atoms with Gasteiger partial charge in [-0.25, -0.2) is 5.84 Å². The monoisotopic (exact) mass is 172 g/mol. The Bertz CT molecular complexity index is 231. The van der Waals surface area contributed by atoms with Crippen LogP contribution in [0.2, 0.25) is 0 Å². The second kappa shape index (κ2) is 3.14. The third-order valence-corrected chi connectivity index (χ3v) is 2.01. The molecule has 0 spiro atoms. The summed E-state index contributed by atoms with van der Waals surface area (Å²) in [6.07, 6.45) is 5.57. The Labute approximate surface area is 70.7 Å². The lowest BCUT2D eigenvalue weighted by atomic mass is 10.2. The number of hydroxylamine groups is 1. The van der Waals surface area contributed by atoms with Crippen molar-refractivity contribution < 1.29 is 4.84 Å². The van der Waals surface area contributed by atoms with Gasteiger partial charge in [-0.1, -0.05) is 16.8 Å². The maximum Gasteiger partial charge on any atom is 0.139 e. The normalized spacial score (nSPS) is 25.1. The fourth-order valence-electron chi connectivity index (χ4n) is 0.903. The molecule has 4 heteroatoms. The number of rotatable bonds is 1. The standard InChI is InChI=1S/C7H9ClN2O/c1-3-4-6-7(8)5(2)11-10(6)9/h1,6H,4,9H2,2H3. The largest absolute Gasteiger partial charge is 0.394 e. The molecule has 1 atom stereocenters. The van der Waals surface area contributed by atoms with Gasteiger partial charge < -0.3 is 4.84 Å². The molecule has 1 aliphatic rings. The van der Waals surface area contributed by atoms with Crippen molar-refractivity contribution >= 4 is 11.6 Å². The maximum absolute atomic E-state index is 5.84. The van der Waals surface area contributed by atoms with Crippen LogP contribution < -0.4 is 5.84 Å². The zero-order chi connectivity index (χ0) is 8.43. The predicted molar refractivity (Wildman–Crippen MR) is 42.9 cm³/mol. The van der Waals surface area contributed by atoms with E-state index in [2.05, 4.69) is 5.92 Å². The van der Waals surface area contributed by atoms with Crippen molar-refractivity contribution in [3.8, 4) is 12.3 Å². The molecule has 60 valence electrons. The van der Waals surface area contributed by atoms with Gasteiger partial charge in [0, 0.05) is 6.42 Å². The second-order valence-electron chi connectivity index (χ2n) is 2.28. The van der Waals surface area contributed by atoms with Crippen molar-refractivity contribution in [2.24, 2.45) is 5.84 Å². The zero-order valence-corrected chi connectivity index (χ0v) is 6.93. The number of nitrogens with two attached hydrogens (primary N) is 1. The minimum absolute atomic E-state index is 0.179. The van der Waals surface area contributed by atoms with Crippen LogP contribution in [0.3, 0.4) is 0 Å². The number of nitrogens with zero attached hydrogens (tertiary/aromatic N) is 1. The first kappa shape index (κ1) is 8.41. The number of allylic oxidation sites excluding steroid dienone is 1. The number of terminal acetylenes is 1. The summed E-state index contributed by atoms with van der Waals surface area (Å²) in [4.78, 5) is 5.00. The highest BCUT2D eigenvalue weighted by Gasteiger charge is 2.29. The third kappa shape index (κ3) is 1.48. The molecule has 0 aromatic heterocycles. The predicted octanol–water partition coefficient (Wildman–Crippen LogP) is 0.969. The molecule has 1 unspecified atom stereocenters. The summed E-state index contributed by atoms with van der Waals surface area (Å²) in [5, 5.41) is 1.77. The molecule has 0 aromatic carbocycles. The second-order valence-corrected chi connectivity index (χ2v) is 2.69. The third-order valence-electron chi connectivity index (χ3n) is 1.49. The molecule has 0 amide bonds. The van der Waals surface area contributed by atoms with Crippen LogP contribution in [-0.2, 0) is 4.84 Å². The van der Waals surface area contributed by atoms with Crippen molar-refractivity contribution in [1.29, 1.82) is 0 Å². The summed E-state index contributed by atoms with van der Waals surface area (Å²) >= 11 is 5.84.